The molecule has 0 spiro atoms. The first-order chi connectivity index (χ1) is 29.7. The molecule has 3 atom stereocenters. The summed E-state index contributed by atoms with van der Waals surface area (Å²) in [6.07, 6.45) is 0.169. The molecule has 340 valence electrons. The molecule has 5 rings (SSSR count). The normalized spacial score (nSPS) is 11.5. The Kier molecular flexibility index (Phi) is 23.6. The lowest BCUT2D eigenvalue weighted by atomic mass is 9.99. The Hall–Kier alpha value is -6.20. The second-order valence-corrected chi connectivity index (χ2v) is 14.6. The van der Waals surface area contributed by atoms with E-state index in [1.807, 2.05) is 6.92 Å². The minimum Gasteiger partial charge on any atom is -0.388 e. The number of nitro benzene ring substituents is 4. The van der Waals surface area contributed by atoms with Gasteiger partial charge in [-0.3, -0.25) is 45.3 Å². The fraction of sp³-hybridized carbons (Fsp3) is 0.238. The van der Waals surface area contributed by atoms with Crippen molar-refractivity contribution in [2.45, 2.75) is 58.6 Å². The summed E-state index contributed by atoms with van der Waals surface area (Å²) in [4.78, 5) is 54.0. The third-order valence-corrected chi connectivity index (χ3v) is 10.00. The maximum absolute atomic E-state index is 13.1. The van der Waals surface area contributed by atoms with Gasteiger partial charge in [-0.25, -0.2) is 15.4 Å². The molecule has 3 N–H and O–H groups in total. The molecule has 0 saturated carbocycles. The van der Waals surface area contributed by atoms with Gasteiger partial charge in [0.05, 0.1) is 57.0 Å². The van der Waals surface area contributed by atoms with E-state index in [4.69, 9.17) is 58.7 Å². The van der Waals surface area contributed by atoms with Gasteiger partial charge < -0.3 is 15.7 Å². The lowest BCUT2D eigenvalue weighted by Gasteiger charge is -2.13. The Labute approximate surface area is 385 Å². The number of aliphatic hydroxyl groups is 1. The number of nitrogens with two attached hydrogens (primary N) is 1. The molecule has 0 radical (unpaired) electrons. The zero-order valence-electron chi connectivity index (χ0n) is 33.0. The van der Waals surface area contributed by atoms with E-state index in [2.05, 4.69) is 4.85 Å². The van der Waals surface area contributed by atoms with Crippen molar-refractivity contribution in [3.63, 3.8) is 0 Å². The van der Waals surface area contributed by atoms with Crippen LogP contribution in [0.3, 0.4) is 0 Å². The summed E-state index contributed by atoms with van der Waals surface area (Å²) in [5, 5.41) is 53.7. The largest absolute Gasteiger partial charge is 0.388 e. The highest BCUT2D eigenvalue weighted by Gasteiger charge is 2.26. The molecule has 0 bridgehead atoms. The summed E-state index contributed by atoms with van der Waals surface area (Å²) >= 11 is 23.2. The Morgan fingerprint density at radius 3 is 1.48 bits per heavy atom. The van der Waals surface area contributed by atoms with E-state index in [9.17, 15) is 59.1 Å². The summed E-state index contributed by atoms with van der Waals surface area (Å²) in [5.41, 5.74) is 6.13. The van der Waals surface area contributed by atoms with Gasteiger partial charge in [-0.05, 0) is 67.8 Å². The van der Waals surface area contributed by atoms with Crippen LogP contribution in [0, 0.1) is 58.7 Å². The summed E-state index contributed by atoms with van der Waals surface area (Å²) in [6.45, 7) is 10.6. The van der Waals surface area contributed by atoms with E-state index in [0.717, 1.165) is 6.07 Å². The lowest BCUT2D eigenvalue weighted by molar-refractivity contribution is -0.386. The Morgan fingerprint density at radius 2 is 1.08 bits per heavy atom. The first-order valence-corrected chi connectivity index (χ1v) is 19.6. The molecule has 0 heterocycles. The van der Waals surface area contributed by atoms with Gasteiger partial charge in [0.25, 0.3) is 28.8 Å². The maximum atomic E-state index is 13.1. The van der Waals surface area contributed by atoms with E-state index in [0.29, 0.717) is 41.8 Å². The van der Waals surface area contributed by atoms with E-state index in [1.54, 1.807) is 25.1 Å². The van der Waals surface area contributed by atoms with Crippen LogP contribution >= 0.6 is 46.4 Å². The molecule has 0 aliphatic carbocycles. The van der Waals surface area contributed by atoms with Gasteiger partial charge in [0, 0.05) is 43.2 Å². The van der Waals surface area contributed by atoms with Gasteiger partial charge in [-0.2, -0.15) is 0 Å². The maximum Gasteiger partial charge on any atom is 0.281 e. The van der Waals surface area contributed by atoms with Crippen molar-refractivity contribution in [2.75, 3.05) is 6.54 Å². The molecule has 3 unspecified atom stereocenters. The molecule has 0 aliphatic rings. The Bertz CT molecular complexity index is 2480. The van der Waals surface area contributed by atoms with Gasteiger partial charge in [0.1, 0.15) is 22.8 Å². The van der Waals surface area contributed by atoms with Crippen molar-refractivity contribution in [3.05, 3.63) is 202 Å². The zero-order valence-corrected chi connectivity index (χ0v) is 36.0. The molecule has 22 heteroatoms. The van der Waals surface area contributed by atoms with Crippen LogP contribution in [-0.2, 0) is 6.42 Å². The smallest absolute Gasteiger partial charge is 0.281 e. The van der Waals surface area contributed by atoms with Crippen LogP contribution in [0.15, 0.2) is 91.0 Å². The number of benzene rings is 5. The van der Waals surface area contributed by atoms with Gasteiger partial charge >= 0.3 is 0 Å². The summed E-state index contributed by atoms with van der Waals surface area (Å²) < 4.78 is 26.2. The molecule has 0 amide bonds. The molecular weight excluding hydrogens is 928 g/mol. The minimum atomic E-state index is -1.12. The predicted molar refractivity (Wildman–Crippen MR) is 241 cm³/mol. The van der Waals surface area contributed by atoms with E-state index in [-0.39, 0.29) is 74.3 Å². The molecule has 16 nitrogen and oxygen atoms in total. The number of aryl methyl sites for hydroxylation is 1. The number of carbonyl (C=O) groups excluding carboxylic acids is 1. The summed E-state index contributed by atoms with van der Waals surface area (Å²) in [6, 6.07) is 19.9. The van der Waals surface area contributed by atoms with Crippen molar-refractivity contribution in [3.8, 4) is 0 Å². The fourth-order valence-corrected chi connectivity index (χ4v) is 6.86. The average Bonchev–Trinajstić information content (AvgIpc) is 3.22. The third-order valence-electron chi connectivity index (χ3n) is 8.68. The van der Waals surface area contributed by atoms with Crippen molar-refractivity contribution in [2.24, 2.45) is 5.73 Å². The second-order valence-electron chi connectivity index (χ2n) is 13.0. The minimum absolute atomic E-state index is 0. The van der Waals surface area contributed by atoms with Crippen LogP contribution in [0.2, 0.25) is 20.1 Å². The average molecular weight is 969 g/mol. The highest BCUT2D eigenvalue weighted by molar-refractivity contribution is 6.33. The van der Waals surface area contributed by atoms with E-state index >= 15 is 0 Å². The number of aldehydes is 1. The number of halogens is 6. The van der Waals surface area contributed by atoms with Crippen LogP contribution in [0.5, 0.6) is 0 Å². The number of nitrogens with zero attached hydrogens (tertiary/aromatic N) is 5. The van der Waals surface area contributed by atoms with Gasteiger partial charge in [-0.1, -0.05) is 85.0 Å². The molecule has 0 aromatic heterocycles. The van der Waals surface area contributed by atoms with Crippen LogP contribution in [-0.4, -0.2) is 37.6 Å². The Balaban J connectivity index is 0.000000440. The Morgan fingerprint density at radius 1 is 0.688 bits per heavy atom. The van der Waals surface area contributed by atoms with Crippen molar-refractivity contribution in [1.82, 2.24) is 0 Å². The lowest BCUT2D eigenvalue weighted by Crippen LogP contribution is -2.11. The molecular formula is C42H40Cl4F2N6O10. The van der Waals surface area contributed by atoms with Crippen LogP contribution in [0.4, 0.5) is 31.5 Å². The number of hydrogen-bond acceptors (Lipinski definition) is 11. The molecule has 5 aromatic carbocycles. The number of carbonyl (C=O) groups is 1. The first kappa shape index (κ1) is 55.8. The van der Waals surface area contributed by atoms with E-state index < -0.39 is 43.5 Å². The van der Waals surface area contributed by atoms with Crippen LogP contribution in [0.1, 0.15) is 84.8 Å². The zero-order chi connectivity index (χ0) is 47.6. The molecule has 0 fully saturated rings. The first-order valence-electron chi connectivity index (χ1n) is 18.1. The molecule has 0 aliphatic heterocycles. The fourth-order valence-electron chi connectivity index (χ4n) is 5.67. The monoisotopic (exact) mass is 966 g/mol. The highest BCUT2D eigenvalue weighted by atomic mass is 35.5. The highest BCUT2D eigenvalue weighted by Crippen LogP contribution is 2.36. The van der Waals surface area contributed by atoms with Crippen molar-refractivity contribution >= 4 is 75.4 Å². The van der Waals surface area contributed by atoms with Crippen molar-refractivity contribution in [1.29, 1.82) is 0 Å². The second kappa shape index (κ2) is 27.1. The van der Waals surface area contributed by atoms with Gasteiger partial charge in [0.2, 0.25) is 0 Å². The number of aliphatic hydroxyl groups excluding tert-OH is 1. The number of rotatable bonds is 13. The van der Waals surface area contributed by atoms with Crippen molar-refractivity contribution < 1.29 is 38.4 Å². The quantitative estimate of drug-likeness (QED) is 0.0486. The summed E-state index contributed by atoms with van der Waals surface area (Å²) in [5.74, 6) is -1.44. The van der Waals surface area contributed by atoms with Crippen LogP contribution in [0.25, 0.3) is 4.85 Å². The van der Waals surface area contributed by atoms with Gasteiger partial charge in [-0.15, -0.1) is 0 Å². The number of nitro groups is 4. The number of hydrogen-bond donors (Lipinski definition) is 2. The molecule has 0 saturated heterocycles. The predicted octanol–water partition coefficient (Wildman–Crippen LogP) is 12.8. The van der Waals surface area contributed by atoms with Gasteiger partial charge in [0.15, 0.2) is 6.29 Å². The molecule has 5 aromatic rings. The topological polar surface area (TPSA) is 240 Å². The van der Waals surface area contributed by atoms with E-state index in [1.165, 1.54) is 66.7 Å². The summed E-state index contributed by atoms with van der Waals surface area (Å²) in [7, 11) is 0. The van der Waals surface area contributed by atoms with Crippen LogP contribution < -0.4 is 5.73 Å². The molecule has 64 heavy (non-hydrogen) atoms. The third kappa shape index (κ3) is 16.2. The SMILES string of the molecule is C.CC(CN)c1c(Cl)cccc1[N+](=O)[O-].O=Cc1c(Cl)cccc1[N+](=O)[O-].O=[N+]([O-])c1cccc(Cl)c1C(O)CCCc1cc(F)cc(F)c1.[C-]#[N+]C(C)c1c(Cl)cccc1[N+](=O)[O-]. The standard InChI is InChI=1S/C16H14ClF2NO3.C9H7ClN2O2.C9H11ClN2O2.C7H4ClNO3.CH4/c17-13-4-2-5-14(20(22)23)16(13)15(21)6-1-3-10-7-11(18)9-12(19)8-10;1-6(11-2)9-7(10)4-3-5-8(9)12(13)14;1-6(5-11)9-7(10)3-2-4-8(9)12(13)14;8-6-2-1-3-7(9(11)12)5(6)4-10;/h2,4-5,7-9,15,21H,1,3,6H2;3-6H,1H3;2-4,6H,5,11H2,1H3;1-4H;1H4.